The molecule has 0 saturated carbocycles. The van der Waals surface area contributed by atoms with Crippen LogP contribution >= 0.6 is 0 Å². The van der Waals surface area contributed by atoms with Gasteiger partial charge in [-0.15, -0.1) is 0 Å². The third-order valence-corrected chi connectivity index (χ3v) is 4.85. The first-order valence-corrected chi connectivity index (χ1v) is 8.53. The Labute approximate surface area is 137 Å². The number of aliphatic hydroxyl groups is 1. The van der Waals surface area contributed by atoms with Crippen molar-refractivity contribution in [1.82, 2.24) is 4.90 Å². The highest BCUT2D eigenvalue weighted by Crippen LogP contribution is 2.29. The average molecular weight is 323 g/mol. The molecule has 5 heteroatoms. The van der Waals surface area contributed by atoms with Crippen molar-refractivity contribution in [3.05, 3.63) is 35.1 Å². The minimum Gasteiger partial charge on any atom is -0.389 e. The Balaban J connectivity index is 1.47. The minimum atomic E-state index is -0.513. The summed E-state index contributed by atoms with van der Waals surface area (Å²) in [5.74, 6) is -0.174. The van der Waals surface area contributed by atoms with E-state index in [9.17, 15) is 9.50 Å². The second-order valence-electron chi connectivity index (χ2n) is 6.59. The van der Waals surface area contributed by atoms with Gasteiger partial charge in [-0.2, -0.15) is 0 Å². The summed E-state index contributed by atoms with van der Waals surface area (Å²) in [5, 5.41) is 10.2. The van der Waals surface area contributed by atoms with Crippen molar-refractivity contribution >= 4 is 0 Å². The third kappa shape index (κ3) is 4.29. The van der Waals surface area contributed by atoms with E-state index in [2.05, 4.69) is 11.8 Å². The van der Waals surface area contributed by atoms with Crippen LogP contribution in [0.1, 0.15) is 36.9 Å². The summed E-state index contributed by atoms with van der Waals surface area (Å²) >= 11 is 0. The summed E-state index contributed by atoms with van der Waals surface area (Å²) in [6.45, 7) is 5.23. The van der Waals surface area contributed by atoms with Crippen LogP contribution in [0.4, 0.5) is 4.39 Å². The maximum Gasteiger partial charge on any atom is 0.123 e. The van der Waals surface area contributed by atoms with E-state index >= 15 is 0 Å². The van der Waals surface area contributed by atoms with Gasteiger partial charge in [-0.3, -0.25) is 4.90 Å². The standard InChI is InChI=1S/C18H26FNO3/c1-13-18-5-4-15(19)9-14(18)6-7-20(13)10-16(21)11-22-12-17-3-2-8-23-17/h4-5,9,13,16-17,21H,2-3,6-8,10-12H2,1H3. The monoisotopic (exact) mass is 323 g/mol. The lowest BCUT2D eigenvalue weighted by atomic mass is 9.93. The summed E-state index contributed by atoms with van der Waals surface area (Å²) in [7, 11) is 0. The van der Waals surface area contributed by atoms with E-state index in [1.165, 1.54) is 6.07 Å². The van der Waals surface area contributed by atoms with Crippen molar-refractivity contribution in [2.45, 2.75) is 44.4 Å². The summed E-state index contributed by atoms with van der Waals surface area (Å²) < 4.78 is 24.4. The molecule has 3 unspecified atom stereocenters. The zero-order valence-corrected chi connectivity index (χ0v) is 13.7. The Hall–Kier alpha value is -1.01. The Morgan fingerprint density at radius 2 is 2.35 bits per heavy atom. The molecule has 23 heavy (non-hydrogen) atoms. The number of ether oxygens (including phenoxy) is 2. The van der Waals surface area contributed by atoms with E-state index in [0.29, 0.717) is 19.8 Å². The molecular formula is C18H26FNO3. The third-order valence-electron chi connectivity index (χ3n) is 4.85. The van der Waals surface area contributed by atoms with Crippen molar-refractivity contribution in [2.24, 2.45) is 0 Å². The van der Waals surface area contributed by atoms with Crippen LogP contribution in [0, 0.1) is 5.82 Å². The highest BCUT2D eigenvalue weighted by atomic mass is 19.1. The maximum absolute atomic E-state index is 13.3. The molecular weight excluding hydrogens is 297 g/mol. The molecule has 1 fully saturated rings. The molecule has 3 atom stereocenters. The van der Waals surface area contributed by atoms with E-state index in [1.54, 1.807) is 6.07 Å². The molecule has 1 aromatic rings. The molecule has 1 saturated heterocycles. The molecule has 0 bridgehead atoms. The van der Waals surface area contributed by atoms with Gasteiger partial charge in [-0.25, -0.2) is 4.39 Å². The fourth-order valence-electron chi connectivity index (χ4n) is 3.54. The van der Waals surface area contributed by atoms with Gasteiger partial charge < -0.3 is 14.6 Å². The van der Waals surface area contributed by atoms with Gasteiger partial charge in [0, 0.05) is 25.7 Å². The molecule has 1 N–H and O–H groups in total. The number of aliphatic hydroxyl groups excluding tert-OH is 1. The van der Waals surface area contributed by atoms with Crippen LogP contribution in [0.3, 0.4) is 0 Å². The van der Waals surface area contributed by atoms with Gasteiger partial charge in [0.05, 0.1) is 25.4 Å². The number of nitrogens with zero attached hydrogens (tertiary/aromatic N) is 1. The van der Waals surface area contributed by atoms with Gasteiger partial charge in [0.15, 0.2) is 0 Å². The molecule has 0 aromatic heterocycles. The van der Waals surface area contributed by atoms with E-state index in [4.69, 9.17) is 9.47 Å². The number of β-amino-alcohol motifs (C(OH)–C–C–N with tert-alkyl or cyclic N) is 1. The van der Waals surface area contributed by atoms with Crippen molar-refractivity contribution in [2.75, 3.05) is 32.9 Å². The van der Waals surface area contributed by atoms with Crippen LogP contribution in [0.15, 0.2) is 18.2 Å². The largest absolute Gasteiger partial charge is 0.389 e. The first-order chi connectivity index (χ1) is 11.1. The van der Waals surface area contributed by atoms with E-state index < -0.39 is 6.10 Å². The quantitative estimate of drug-likeness (QED) is 0.872. The summed E-state index contributed by atoms with van der Waals surface area (Å²) in [6, 6.07) is 5.19. The van der Waals surface area contributed by atoms with Gasteiger partial charge in [0.1, 0.15) is 5.82 Å². The molecule has 1 aromatic carbocycles. The van der Waals surface area contributed by atoms with Crippen molar-refractivity contribution in [1.29, 1.82) is 0 Å². The number of hydrogen-bond acceptors (Lipinski definition) is 4. The SMILES string of the molecule is CC1c2ccc(F)cc2CCN1CC(O)COCC1CCCO1. The fraction of sp³-hybridized carbons (Fsp3) is 0.667. The van der Waals surface area contributed by atoms with Crippen LogP contribution in [-0.4, -0.2) is 55.1 Å². The fourth-order valence-corrected chi connectivity index (χ4v) is 3.54. The lowest BCUT2D eigenvalue weighted by Crippen LogP contribution is -2.40. The summed E-state index contributed by atoms with van der Waals surface area (Å²) in [5.41, 5.74) is 2.24. The van der Waals surface area contributed by atoms with Crippen molar-refractivity contribution in [3.63, 3.8) is 0 Å². The van der Waals surface area contributed by atoms with E-state index in [0.717, 1.165) is 43.5 Å². The minimum absolute atomic E-state index is 0.174. The number of benzene rings is 1. The van der Waals surface area contributed by atoms with Crippen LogP contribution in [0.5, 0.6) is 0 Å². The van der Waals surface area contributed by atoms with Crippen molar-refractivity contribution < 1.29 is 19.0 Å². The molecule has 0 spiro atoms. The summed E-state index contributed by atoms with van der Waals surface area (Å²) in [6.07, 6.45) is 2.65. The van der Waals surface area contributed by atoms with Gasteiger partial charge >= 0.3 is 0 Å². The maximum atomic E-state index is 13.3. The molecule has 4 nitrogen and oxygen atoms in total. The zero-order chi connectivity index (χ0) is 16.2. The molecule has 128 valence electrons. The lowest BCUT2D eigenvalue weighted by molar-refractivity contribution is -0.0287. The van der Waals surface area contributed by atoms with Gasteiger partial charge in [0.25, 0.3) is 0 Å². The Morgan fingerprint density at radius 3 is 3.13 bits per heavy atom. The molecule has 0 aliphatic carbocycles. The molecule has 0 radical (unpaired) electrons. The van der Waals surface area contributed by atoms with Gasteiger partial charge in [0.2, 0.25) is 0 Å². The second kappa shape index (κ2) is 7.71. The molecule has 0 amide bonds. The Morgan fingerprint density at radius 1 is 1.48 bits per heavy atom. The topological polar surface area (TPSA) is 41.9 Å². The van der Waals surface area contributed by atoms with Crippen molar-refractivity contribution in [3.8, 4) is 0 Å². The first-order valence-electron chi connectivity index (χ1n) is 8.53. The van der Waals surface area contributed by atoms with E-state index in [-0.39, 0.29) is 18.0 Å². The number of halogens is 1. The zero-order valence-electron chi connectivity index (χ0n) is 13.7. The Kier molecular flexibility index (Phi) is 5.64. The highest BCUT2D eigenvalue weighted by Gasteiger charge is 2.26. The predicted molar refractivity (Wildman–Crippen MR) is 85.9 cm³/mol. The first kappa shape index (κ1) is 16.8. The van der Waals surface area contributed by atoms with Gasteiger partial charge in [-0.05, 0) is 49.4 Å². The second-order valence-corrected chi connectivity index (χ2v) is 6.59. The normalized spacial score (nSPS) is 26.2. The van der Waals surface area contributed by atoms with Crippen LogP contribution in [0.2, 0.25) is 0 Å². The van der Waals surface area contributed by atoms with Crippen LogP contribution in [-0.2, 0) is 15.9 Å². The van der Waals surface area contributed by atoms with Crippen LogP contribution in [0.25, 0.3) is 0 Å². The smallest absolute Gasteiger partial charge is 0.123 e. The highest BCUT2D eigenvalue weighted by molar-refractivity contribution is 5.32. The molecule has 2 aliphatic rings. The lowest BCUT2D eigenvalue weighted by Gasteiger charge is -2.36. The number of hydrogen-bond donors (Lipinski definition) is 1. The predicted octanol–water partition coefficient (Wildman–Crippen LogP) is 2.30. The average Bonchev–Trinajstić information content (AvgIpc) is 3.03. The summed E-state index contributed by atoms with van der Waals surface area (Å²) in [4.78, 5) is 2.24. The van der Waals surface area contributed by atoms with Crippen LogP contribution < -0.4 is 0 Å². The molecule has 2 heterocycles. The Bertz CT molecular complexity index is 519. The van der Waals surface area contributed by atoms with Gasteiger partial charge in [-0.1, -0.05) is 6.07 Å². The number of rotatable bonds is 6. The number of fused-ring (bicyclic) bond motifs is 1. The van der Waals surface area contributed by atoms with E-state index in [1.807, 2.05) is 6.07 Å². The molecule has 3 rings (SSSR count). The molecule has 2 aliphatic heterocycles.